The molecule has 0 unspecified atom stereocenters. The van der Waals surface area contributed by atoms with E-state index >= 15 is 0 Å². The van der Waals surface area contributed by atoms with Crippen molar-refractivity contribution >= 4 is 11.8 Å². The van der Waals surface area contributed by atoms with Gasteiger partial charge in [0.1, 0.15) is 12.4 Å². The Morgan fingerprint density at radius 3 is 2.66 bits per heavy atom. The maximum atomic E-state index is 13.1. The van der Waals surface area contributed by atoms with Crippen LogP contribution in [0.3, 0.4) is 0 Å². The Bertz CT molecular complexity index is 1210. The number of nitrogens with zero attached hydrogens (tertiary/aromatic N) is 1. The molecule has 5 heteroatoms. The Balaban J connectivity index is 1.38. The summed E-state index contributed by atoms with van der Waals surface area (Å²) in [7, 11) is 0. The van der Waals surface area contributed by atoms with Gasteiger partial charge in [-0.05, 0) is 66.1 Å². The van der Waals surface area contributed by atoms with Gasteiger partial charge in [0.15, 0.2) is 0 Å². The largest absolute Gasteiger partial charge is 0.491 e. The van der Waals surface area contributed by atoms with Crippen LogP contribution in [0.2, 0.25) is 0 Å². The lowest BCUT2D eigenvalue weighted by Crippen LogP contribution is -2.41. The SMILES string of the molecule is Cc1ccc(CC(=O)N2CCNC(=O)c3cccc(c3)Cc3cc(C4CC4)ccc3OCC2)cc1. The number of nitrogens with one attached hydrogen (secondary N) is 1. The molecule has 5 rings (SSSR count). The quantitative estimate of drug-likeness (QED) is 0.608. The number of hydrogen-bond acceptors (Lipinski definition) is 3. The lowest BCUT2D eigenvalue weighted by atomic mass is 9.98. The number of fused-ring (bicyclic) bond motifs is 3. The smallest absolute Gasteiger partial charge is 0.251 e. The van der Waals surface area contributed by atoms with Gasteiger partial charge in [-0.1, -0.05) is 54.1 Å². The molecule has 0 saturated heterocycles. The van der Waals surface area contributed by atoms with Crippen molar-refractivity contribution in [1.29, 1.82) is 0 Å². The molecule has 5 nitrogen and oxygen atoms in total. The molecule has 35 heavy (non-hydrogen) atoms. The van der Waals surface area contributed by atoms with Crippen LogP contribution in [-0.4, -0.2) is 43.0 Å². The van der Waals surface area contributed by atoms with Crippen molar-refractivity contribution in [3.05, 3.63) is 100 Å². The first kappa shape index (κ1) is 23.2. The molecule has 0 spiro atoms. The highest BCUT2D eigenvalue weighted by Crippen LogP contribution is 2.41. The number of carbonyl (C=O) groups is 2. The molecule has 1 aliphatic heterocycles. The Morgan fingerprint density at radius 1 is 1.03 bits per heavy atom. The second kappa shape index (κ2) is 10.3. The van der Waals surface area contributed by atoms with Crippen molar-refractivity contribution in [3.8, 4) is 5.75 Å². The van der Waals surface area contributed by atoms with Crippen molar-refractivity contribution in [1.82, 2.24) is 10.2 Å². The third kappa shape index (κ3) is 5.91. The van der Waals surface area contributed by atoms with Gasteiger partial charge in [0.2, 0.25) is 5.91 Å². The van der Waals surface area contributed by atoms with E-state index in [0.717, 1.165) is 22.4 Å². The van der Waals surface area contributed by atoms with E-state index < -0.39 is 0 Å². The fraction of sp³-hybridized carbons (Fsp3) is 0.333. The fourth-order valence-corrected chi connectivity index (χ4v) is 4.62. The van der Waals surface area contributed by atoms with E-state index in [1.807, 2.05) is 49.4 Å². The van der Waals surface area contributed by atoms with E-state index in [2.05, 4.69) is 29.6 Å². The number of ether oxygens (including phenoxy) is 1. The normalized spacial score (nSPS) is 16.5. The lowest BCUT2D eigenvalue weighted by Gasteiger charge is -2.24. The molecule has 1 heterocycles. The van der Waals surface area contributed by atoms with Crippen LogP contribution >= 0.6 is 0 Å². The topological polar surface area (TPSA) is 58.6 Å². The van der Waals surface area contributed by atoms with Gasteiger partial charge in [-0.2, -0.15) is 0 Å². The Morgan fingerprint density at radius 2 is 1.86 bits per heavy atom. The summed E-state index contributed by atoms with van der Waals surface area (Å²) < 4.78 is 6.25. The van der Waals surface area contributed by atoms with Gasteiger partial charge in [0, 0.05) is 25.1 Å². The van der Waals surface area contributed by atoms with Crippen molar-refractivity contribution in [2.24, 2.45) is 0 Å². The molecule has 1 saturated carbocycles. The minimum absolute atomic E-state index is 0.0325. The minimum Gasteiger partial charge on any atom is -0.491 e. The summed E-state index contributed by atoms with van der Waals surface area (Å²) in [4.78, 5) is 27.7. The zero-order chi connectivity index (χ0) is 24.2. The second-order valence-electron chi connectivity index (χ2n) is 9.67. The van der Waals surface area contributed by atoms with Crippen LogP contribution in [0.25, 0.3) is 0 Å². The minimum atomic E-state index is -0.113. The van der Waals surface area contributed by atoms with E-state index in [9.17, 15) is 9.59 Å². The zero-order valence-electron chi connectivity index (χ0n) is 20.3. The molecule has 3 aromatic carbocycles. The molecule has 3 aromatic rings. The van der Waals surface area contributed by atoms with E-state index in [4.69, 9.17) is 4.74 Å². The van der Waals surface area contributed by atoms with Crippen LogP contribution in [0.1, 0.15) is 56.9 Å². The van der Waals surface area contributed by atoms with E-state index in [0.29, 0.717) is 50.6 Å². The van der Waals surface area contributed by atoms with Crippen LogP contribution in [0.5, 0.6) is 5.75 Å². The lowest BCUT2D eigenvalue weighted by molar-refractivity contribution is -0.130. The highest BCUT2D eigenvalue weighted by molar-refractivity contribution is 5.94. The standard InChI is InChI=1S/C30H32N2O3/c1-21-5-7-22(8-6-21)19-29(33)32-14-13-31-30(34)26-4-2-3-23(17-26)18-27-20-25(24-9-10-24)11-12-28(27)35-16-15-32/h2-8,11-12,17,20,24H,9-10,13-16,18-19H2,1H3,(H,31,34). The average molecular weight is 469 g/mol. The monoisotopic (exact) mass is 468 g/mol. The van der Waals surface area contributed by atoms with Crippen molar-refractivity contribution < 1.29 is 14.3 Å². The van der Waals surface area contributed by atoms with Crippen molar-refractivity contribution in [2.75, 3.05) is 26.2 Å². The number of carbonyl (C=O) groups excluding carboxylic acids is 2. The zero-order valence-corrected chi connectivity index (χ0v) is 20.3. The van der Waals surface area contributed by atoms with Crippen molar-refractivity contribution in [2.45, 2.75) is 38.5 Å². The molecule has 1 aliphatic carbocycles. The summed E-state index contributed by atoms with van der Waals surface area (Å²) in [6.07, 6.45) is 3.52. The van der Waals surface area contributed by atoms with Crippen LogP contribution in [0.15, 0.2) is 66.7 Å². The Hall–Kier alpha value is -3.60. The highest BCUT2D eigenvalue weighted by atomic mass is 16.5. The number of amides is 2. The summed E-state index contributed by atoms with van der Waals surface area (Å²) in [5, 5.41) is 2.98. The summed E-state index contributed by atoms with van der Waals surface area (Å²) >= 11 is 0. The Kier molecular flexibility index (Phi) is 6.84. The Labute approximate surface area is 207 Å². The van der Waals surface area contributed by atoms with Gasteiger partial charge in [-0.3, -0.25) is 9.59 Å². The predicted molar refractivity (Wildman–Crippen MR) is 137 cm³/mol. The highest BCUT2D eigenvalue weighted by Gasteiger charge is 2.24. The average Bonchev–Trinajstić information content (AvgIpc) is 3.70. The van der Waals surface area contributed by atoms with Crippen molar-refractivity contribution in [3.63, 3.8) is 0 Å². The molecular weight excluding hydrogens is 436 g/mol. The van der Waals surface area contributed by atoms with Gasteiger partial charge >= 0.3 is 0 Å². The summed E-state index contributed by atoms with van der Waals surface area (Å²) in [6, 6.07) is 22.3. The molecule has 0 aromatic heterocycles. The van der Waals surface area contributed by atoms with E-state index in [1.54, 1.807) is 4.90 Å². The molecule has 0 radical (unpaired) electrons. The second-order valence-corrected chi connectivity index (χ2v) is 9.67. The number of hydrogen-bond donors (Lipinski definition) is 1. The molecule has 0 atom stereocenters. The summed E-state index contributed by atoms with van der Waals surface area (Å²) in [5.74, 6) is 1.43. The molecule has 2 bridgehead atoms. The van der Waals surface area contributed by atoms with Crippen LogP contribution in [0, 0.1) is 6.92 Å². The first-order valence-electron chi connectivity index (χ1n) is 12.5. The first-order chi connectivity index (χ1) is 17.0. The molecule has 1 fully saturated rings. The van der Waals surface area contributed by atoms with Crippen LogP contribution in [0.4, 0.5) is 0 Å². The van der Waals surface area contributed by atoms with Crippen LogP contribution in [-0.2, 0) is 17.6 Å². The number of aryl methyl sites for hydroxylation is 1. The molecular formula is C30H32N2O3. The van der Waals surface area contributed by atoms with Gasteiger partial charge in [-0.15, -0.1) is 0 Å². The maximum absolute atomic E-state index is 13.1. The third-order valence-corrected chi connectivity index (χ3v) is 6.83. The molecule has 180 valence electrons. The van der Waals surface area contributed by atoms with E-state index in [-0.39, 0.29) is 11.8 Å². The third-order valence-electron chi connectivity index (χ3n) is 6.83. The number of rotatable bonds is 3. The molecule has 1 N–H and O–H groups in total. The maximum Gasteiger partial charge on any atom is 0.251 e. The van der Waals surface area contributed by atoms with Crippen LogP contribution < -0.4 is 10.1 Å². The molecule has 2 amide bonds. The first-order valence-corrected chi connectivity index (χ1v) is 12.5. The molecule has 2 aliphatic rings. The number of benzene rings is 3. The summed E-state index contributed by atoms with van der Waals surface area (Å²) in [6.45, 7) is 3.74. The van der Waals surface area contributed by atoms with Gasteiger partial charge < -0.3 is 15.0 Å². The van der Waals surface area contributed by atoms with Gasteiger partial charge in [0.05, 0.1) is 13.0 Å². The predicted octanol–water partition coefficient (Wildman–Crippen LogP) is 4.66. The van der Waals surface area contributed by atoms with Gasteiger partial charge in [-0.25, -0.2) is 0 Å². The fourth-order valence-electron chi connectivity index (χ4n) is 4.62. The summed E-state index contributed by atoms with van der Waals surface area (Å²) in [5.41, 5.74) is 6.36. The van der Waals surface area contributed by atoms with Gasteiger partial charge in [0.25, 0.3) is 5.91 Å². The van der Waals surface area contributed by atoms with E-state index in [1.165, 1.54) is 24.0 Å².